The Morgan fingerprint density at radius 2 is 2.12 bits per heavy atom. The molecule has 0 aromatic carbocycles. The van der Waals surface area contributed by atoms with Crippen LogP contribution in [0.25, 0.3) is 0 Å². The number of piperidine rings is 1. The van der Waals surface area contributed by atoms with E-state index in [9.17, 15) is 9.59 Å². The van der Waals surface area contributed by atoms with Crippen molar-refractivity contribution in [3.05, 3.63) is 0 Å². The van der Waals surface area contributed by atoms with E-state index in [1.165, 1.54) is 4.90 Å². The Hall–Kier alpha value is -0.810. The van der Waals surface area contributed by atoms with Crippen LogP contribution in [0.5, 0.6) is 0 Å². The quantitative estimate of drug-likeness (QED) is 0.679. The highest BCUT2D eigenvalue weighted by molar-refractivity contribution is 5.96. The fourth-order valence-corrected chi connectivity index (χ4v) is 1.55. The Morgan fingerprint density at radius 3 is 2.62 bits per heavy atom. The lowest BCUT2D eigenvalue weighted by Gasteiger charge is -2.23. The number of carbonyl (C=O) groups excluding carboxylic acids is 2. The minimum atomic E-state index is -0.178. The number of hydrogen-bond acceptors (Lipinski definition) is 3. The normalized spacial score (nSPS) is 19.5. The van der Waals surface area contributed by atoms with Crippen molar-refractivity contribution in [1.29, 1.82) is 0 Å². The van der Waals surface area contributed by atoms with Gasteiger partial charge in [-0.15, -0.1) is 12.4 Å². The third-order valence-electron chi connectivity index (χ3n) is 2.47. The average Bonchev–Trinajstić information content (AvgIpc) is 2.18. The summed E-state index contributed by atoms with van der Waals surface area (Å²) in [6.07, 6.45) is 2.02. The predicted octanol–water partition coefficient (Wildman–Crippen LogP) is -0.245. The Morgan fingerprint density at radius 1 is 1.44 bits per heavy atom. The molecule has 1 fully saturated rings. The molecule has 1 aliphatic heterocycles. The van der Waals surface area contributed by atoms with Crippen LogP contribution >= 0.6 is 12.4 Å². The molecule has 0 radical (unpaired) electrons. The van der Waals surface area contributed by atoms with Gasteiger partial charge in [-0.1, -0.05) is 0 Å². The van der Waals surface area contributed by atoms with Crippen molar-refractivity contribution >= 4 is 24.2 Å². The monoisotopic (exact) mass is 249 g/mol. The van der Waals surface area contributed by atoms with Crippen LogP contribution in [0.4, 0.5) is 0 Å². The largest absolute Gasteiger partial charge is 0.352 e. The topological polar surface area (TPSA) is 61.4 Å². The lowest BCUT2D eigenvalue weighted by Crippen LogP contribution is -2.46. The molecule has 1 saturated heterocycles. The summed E-state index contributed by atoms with van der Waals surface area (Å²) in [6.45, 7) is 1.82. The molecule has 94 valence electrons. The maximum atomic E-state index is 11.4. The third-order valence-corrected chi connectivity index (χ3v) is 2.47. The van der Waals surface area contributed by atoms with Gasteiger partial charge in [0, 0.05) is 26.7 Å². The molecule has 0 aliphatic carbocycles. The number of amides is 2. The van der Waals surface area contributed by atoms with E-state index < -0.39 is 0 Å². The predicted molar refractivity (Wildman–Crippen MR) is 64.6 cm³/mol. The summed E-state index contributed by atoms with van der Waals surface area (Å²) in [5.41, 5.74) is 0. The molecule has 5 nitrogen and oxygen atoms in total. The molecule has 0 spiro atoms. The average molecular weight is 250 g/mol. The molecule has 0 saturated carbocycles. The molecule has 1 heterocycles. The summed E-state index contributed by atoms with van der Waals surface area (Å²) in [7, 11) is 3.30. The van der Waals surface area contributed by atoms with Gasteiger partial charge in [-0.25, -0.2) is 0 Å². The van der Waals surface area contributed by atoms with Crippen LogP contribution in [0, 0.1) is 0 Å². The summed E-state index contributed by atoms with van der Waals surface area (Å²) in [4.78, 5) is 24.1. The standard InChI is InChI=1S/C10H19N3O2.ClH/c1-13(2)10(15)6-9(14)12-8-4-3-5-11-7-8;/h8,11H,3-7H2,1-2H3,(H,12,14);1H. The molecule has 1 atom stereocenters. The summed E-state index contributed by atoms with van der Waals surface area (Å²) >= 11 is 0. The van der Waals surface area contributed by atoms with Crippen LogP contribution in [-0.2, 0) is 9.59 Å². The molecule has 6 heteroatoms. The molecule has 1 unspecified atom stereocenters. The van der Waals surface area contributed by atoms with Gasteiger partial charge in [0.2, 0.25) is 11.8 Å². The first-order chi connectivity index (χ1) is 7.09. The zero-order valence-corrected chi connectivity index (χ0v) is 10.6. The zero-order chi connectivity index (χ0) is 11.3. The lowest BCUT2D eigenvalue weighted by atomic mass is 10.1. The second kappa shape index (κ2) is 7.46. The number of hydrogen-bond donors (Lipinski definition) is 2. The molecule has 0 aromatic rings. The molecule has 1 aliphatic rings. The minimum Gasteiger partial charge on any atom is -0.352 e. The molecule has 0 aromatic heterocycles. The zero-order valence-electron chi connectivity index (χ0n) is 9.78. The minimum absolute atomic E-state index is 0. The van der Waals surface area contributed by atoms with E-state index in [1.807, 2.05) is 0 Å². The smallest absolute Gasteiger partial charge is 0.231 e. The lowest BCUT2D eigenvalue weighted by molar-refractivity contribution is -0.134. The Labute approximate surface area is 102 Å². The van der Waals surface area contributed by atoms with E-state index in [0.717, 1.165) is 25.9 Å². The van der Waals surface area contributed by atoms with Crippen LogP contribution in [0.1, 0.15) is 19.3 Å². The van der Waals surface area contributed by atoms with Crippen LogP contribution in [-0.4, -0.2) is 49.9 Å². The number of rotatable bonds is 3. The number of nitrogens with zero attached hydrogens (tertiary/aromatic N) is 1. The van der Waals surface area contributed by atoms with Crippen molar-refractivity contribution in [3.8, 4) is 0 Å². The van der Waals surface area contributed by atoms with Crippen molar-refractivity contribution in [2.45, 2.75) is 25.3 Å². The van der Waals surface area contributed by atoms with Gasteiger partial charge >= 0.3 is 0 Å². The Bertz CT molecular complexity index is 240. The van der Waals surface area contributed by atoms with Crippen molar-refractivity contribution < 1.29 is 9.59 Å². The fourth-order valence-electron chi connectivity index (χ4n) is 1.55. The first-order valence-corrected chi connectivity index (χ1v) is 5.30. The van der Waals surface area contributed by atoms with Gasteiger partial charge in [-0.3, -0.25) is 9.59 Å². The Kier molecular flexibility index (Phi) is 7.08. The van der Waals surface area contributed by atoms with Crippen LogP contribution < -0.4 is 10.6 Å². The fraction of sp³-hybridized carbons (Fsp3) is 0.800. The van der Waals surface area contributed by atoms with E-state index in [2.05, 4.69) is 10.6 Å². The van der Waals surface area contributed by atoms with Gasteiger partial charge in [-0.2, -0.15) is 0 Å². The van der Waals surface area contributed by atoms with Crippen LogP contribution in [0.2, 0.25) is 0 Å². The second-order valence-electron chi connectivity index (χ2n) is 4.08. The highest BCUT2D eigenvalue weighted by Crippen LogP contribution is 2.01. The first kappa shape index (κ1) is 15.2. The summed E-state index contributed by atoms with van der Waals surface area (Å²) < 4.78 is 0. The van der Waals surface area contributed by atoms with E-state index in [4.69, 9.17) is 0 Å². The molecular weight excluding hydrogens is 230 g/mol. The SMILES string of the molecule is CN(C)C(=O)CC(=O)NC1CCCNC1.Cl. The summed E-state index contributed by atoms with van der Waals surface area (Å²) in [6, 6.07) is 0.182. The van der Waals surface area contributed by atoms with Crippen molar-refractivity contribution in [3.63, 3.8) is 0 Å². The van der Waals surface area contributed by atoms with Gasteiger partial charge in [0.05, 0.1) is 0 Å². The maximum absolute atomic E-state index is 11.4. The maximum Gasteiger partial charge on any atom is 0.231 e. The first-order valence-electron chi connectivity index (χ1n) is 5.30. The molecule has 1 rings (SSSR count). The Balaban J connectivity index is 0.00000225. The molecule has 0 bridgehead atoms. The van der Waals surface area contributed by atoms with Crippen molar-refractivity contribution in [2.24, 2.45) is 0 Å². The molecule has 16 heavy (non-hydrogen) atoms. The van der Waals surface area contributed by atoms with E-state index in [0.29, 0.717) is 0 Å². The molecule has 2 amide bonds. The summed E-state index contributed by atoms with van der Waals surface area (Å²) in [5, 5.41) is 6.06. The van der Waals surface area contributed by atoms with Gasteiger partial charge in [0.1, 0.15) is 6.42 Å². The van der Waals surface area contributed by atoms with E-state index in [1.54, 1.807) is 14.1 Å². The van der Waals surface area contributed by atoms with Gasteiger partial charge < -0.3 is 15.5 Å². The summed E-state index contributed by atoms with van der Waals surface area (Å²) in [5.74, 6) is -0.335. The highest BCUT2D eigenvalue weighted by Gasteiger charge is 2.17. The van der Waals surface area contributed by atoms with Gasteiger partial charge in [-0.05, 0) is 19.4 Å². The second-order valence-corrected chi connectivity index (χ2v) is 4.08. The third kappa shape index (κ3) is 5.32. The highest BCUT2D eigenvalue weighted by atomic mass is 35.5. The van der Waals surface area contributed by atoms with Crippen LogP contribution in [0.3, 0.4) is 0 Å². The van der Waals surface area contributed by atoms with Crippen LogP contribution in [0.15, 0.2) is 0 Å². The van der Waals surface area contributed by atoms with E-state index >= 15 is 0 Å². The molecule has 2 N–H and O–H groups in total. The van der Waals surface area contributed by atoms with Crippen molar-refractivity contribution in [1.82, 2.24) is 15.5 Å². The molecular formula is C10H20ClN3O2. The number of carbonyl (C=O) groups is 2. The number of halogens is 1. The van der Waals surface area contributed by atoms with E-state index in [-0.39, 0.29) is 36.7 Å². The number of nitrogens with one attached hydrogen (secondary N) is 2. The van der Waals surface area contributed by atoms with Gasteiger partial charge in [0.15, 0.2) is 0 Å². The van der Waals surface area contributed by atoms with Crippen molar-refractivity contribution in [2.75, 3.05) is 27.2 Å². The van der Waals surface area contributed by atoms with Gasteiger partial charge in [0.25, 0.3) is 0 Å².